The van der Waals surface area contributed by atoms with Crippen molar-refractivity contribution in [3.05, 3.63) is 205 Å². The SMILES string of the molecule is N#Cc1ccccc1-c1ccc2c(c1)c1cc(-c3ccccc3C#N)ccc1n2-c1cc(-c2ccc(C(F)(F)F)cc2)ccc1-c1nc(-c2ccccc2)nc(-c2ccccc2)n1. The molecule has 0 aliphatic heterocycles. The Morgan fingerprint density at radius 1 is 0.397 bits per heavy atom. The van der Waals surface area contributed by atoms with Crippen LogP contribution < -0.4 is 0 Å². The Bertz CT molecular complexity index is 3280. The zero-order valence-corrected chi connectivity index (χ0v) is 33.2. The number of halogens is 3. The molecular formula is C54H31F3N6. The van der Waals surface area contributed by atoms with Crippen molar-refractivity contribution in [1.82, 2.24) is 19.5 Å². The first-order valence-corrected chi connectivity index (χ1v) is 20.0. The van der Waals surface area contributed by atoms with Crippen molar-refractivity contribution in [3.63, 3.8) is 0 Å². The number of fused-ring (bicyclic) bond motifs is 3. The molecule has 8 aromatic carbocycles. The third kappa shape index (κ3) is 7.14. The van der Waals surface area contributed by atoms with Crippen molar-refractivity contribution in [2.45, 2.75) is 6.18 Å². The Hall–Kier alpha value is -8.66. The molecule has 6 nitrogen and oxygen atoms in total. The highest BCUT2D eigenvalue weighted by Gasteiger charge is 2.30. The van der Waals surface area contributed by atoms with Crippen LogP contribution in [0.15, 0.2) is 188 Å². The van der Waals surface area contributed by atoms with Crippen LogP contribution in [-0.4, -0.2) is 19.5 Å². The number of benzene rings is 8. The molecule has 0 saturated heterocycles. The van der Waals surface area contributed by atoms with Gasteiger partial charge in [-0.15, -0.1) is 0 Å². The summed E-state index contributed by atoms with van der Waals surface area (Å²) in [6.45, 7) is 0. The van der Waals surface area contributed by atoms with Crippen LogP contribution >= 0.6 is 0 Å². The van der Waals surface area contributed by atoms with Crippen molar-refractivity contribution in [3.8, 4) is 85.4 Å². The molecule has 0 unspecified atom stereocenters. The first kappa shape index (κ1) is 38.5. The molecular weight excluding hydrogens is 790 g/mol. The van der Waals surface area contributed by atoms with Crippen molar-refractivity contribution in [2.75, 3.05) is 0 Å². The van der Waals surface area contributed by atoms with Gasteiger partial charge < -0.3 is 4.57 Å². The fraction of sp³-hybridized carbons (Fsp3) is 0.0185. The average Bonchev–Trinajstić information content (AvgIpc) is 3.66. The van der Waals surface area contributed by atoms with Crippen LogP contribution in [0.25, 0.3) is 95.0 Å². The predicted molar refractivity (Wildman–Crippen MR) is 241 cm³/mol. The number of hydrogen-bond donors (Lipinski definition) is 0. The van der Waals surface area contributed by atoms with E-state index in [-0.39, 0.29) is 0 Å². The maximum absolute atomic E-state index is 13.7. The quantitative estimate of drug-likeness (QED) is 0.160. The highest BCUT2D eigenvalue weighted by Crippen LogP contribution is 2.42. The topological polar surface area (TPSA) is 91.2 Å². The second-order valence-corrected chi connectivity index (χ2v) is 15.0. The second kappa shape index (κ2) is 15.7. The fourth-order valence-electron chi connectivity index (χ4n) is 8.15. The first-order valence-electron chi connectivity index (χ1n) is 20.0. The molecule has 0 N–H and O–H groups in total. The Balaban J connectivity index is 1.29. The summed E-state index contributed by atoms with van der Waals surface area (Å²) in [7, 11) is 0. The van der Waals surface area contributed by atoms with E-state index in [4.69, 9.17) is 15.0 Å². The van der Waals surface area contributed by atoms with E-state index >= 15 is 0 Å². The normalized spacial score (nSPS) is 11.4. The summed E-state index contributed by atoms with van der Waals surface area (Å²) in [4.78, 5) is 15.1. The Labute approximate surface area is 360 Å². The third-order valence-electron chi connectivity index (χ3n) is 11.2. The van der Waals surface area contributed by atoms with E-state index in [2.05, 4.69) is 28.8 Å². The zero-order valence-electron chi connectivity index (χ0n) is 33.2. The standard InChI is InChI=1S/C54H31F3N6/c55-54(56,57)42-24-19-34(20-25-42)37-21-26-45(53-61-51(35-11-3-1-4-12-35)60-52(62-53)36-13-5-2-6-14-36)50(31-37)63-48-27-22-38(43-17-9-7-15-40(43)32-58)29-46(48)47-30-39(23-28-49(47)63)44-18-10-8-16-41(44)33-59/h1-31H. The molecule has 10 aromatic rings. The van der Waals surface area contributed by atoms with Crippen LogP contribution in [0.4, 0.5) is 13.2 Å². The molecule has 0 aliphatic carbocycles. The molecule has 0 atom stereocenters. The summed E-state index contributed by atoms with van der Waals surface area (Å²) >= 11 is 0. The number of aromatic nitrogens is 4. The van der Waals surface area contributed by atoms with Crippen LogP contribution in [0, 0.1) is 22.7 Å². The number of nitriles is 2. The van der Waals surface area contributed by atoms with Crippen molar-refractivity contribution in [1.29, 1.82) is 10.5 Å². The van der Waals surface area contributed by atoms with Crippen LogP contribution in [0.1, 0.15) is 16.7 Å². The summed E-state index contributed by atoms with van der Waals surface area (Å²) in [6.07, 6.45) is -4.48. The molecule has 9 heteroatoms. The molecule has 0 radical (unpaired) electrons. The highest BCUT2D eigenvalue weighted by molar-refractivity contribution is 6.12. The molecule has 0 bridgehead atoms. The third-order valence-corrected chi connectivity index (χ3v) is 11.2. The molecule has 298 valence electrons. The Kier molecular flexibility index (Phi) is 9.63. The molecule has 10 rings (SSSR count). The molecule has 0 saturated carbocycles. The molecule has 0 fully saturated rings. The molecule has 0 aliphatic rings. The van der Waals surface area contributed by atoms with Gasteiger partial charge in [0.2, 0.25) is 0 Å². The average molecular weight is 821 g/mol. The van der Waals surface area contributed by atoms with E-state index in [1.54, 1.807) is 12.1 Å². The van der Waals surface area contributed by atoms with Crippen molar-refractivity contribution in [2.24, 2.45) is 0 Å². The predicted octanol–water partition coefficient (Wildman–Crippen LogP) is 13.7. The van der Waals surface area contributed by atoms with E-state index in [1.807, 2.05) is 140 Å². The van der Waals surface area contributed by atoms with Gasteiger partial charge in [0.1, 0.15) is 0 Å². The van der Waals surface area contributed by atoms with Gasteiger partial charge in [0.05, 0.1) is 45.5 Å². The molecule has 2 aromatic heterocycles. The fourth-order valence-corrected chi connectivity index (χ4v) is 8.15. The van der Waals surface area contributed by atoms with Crippen molar-refractivity contribution >= 4 is 21.8 Å². The van der Waals surface area contributed by atoms with E-state index in [9.17, 15) is 23.7 Å². The van der Waals surface area contributed by atoms with Crippen LogP contribution in [0.5, 0.6) is 0 Å². The maximum Gasteiger partial charge on any atom is 0.416 e. The van der Waals surface area contributed by atoms with E-state index < -0.39 is 11.7 Å². The van der Waals surface area contributed by atoms with Crippen LogP contribution in [0.2, 0.25) is 0 Å². The summed E-state index contributed by atoms with van der Waals surface area (Å²) in [5, 5.41) is 21.9. The van der Waals surface area contributed by atoms with Gasteiger partial charge in [0, 0.05) is 27.5 Å². The smallest absolute Gasteiger partial charge is 0.308 e. The lowest BCUT2D eigenvalue weighted by atomic mass is 9.96. The van der Waals surface area contributed by atoms with Gasteiger partial charge in [0.15, 0.2) is 17.5 Å². The lowest BCUT2D eigenvalue weighted by Gasteiger charge is -2.17. The minimum Gasteiger partial charge on any atom is -0.308 e. The summed E-state index contributed by atoms with van der Waals surface area (Å²) < 4.78 is 43.3. The number of nitrogens with zero attached hydrogens (tertiary/aromatic N) is 6. The van der Waals surface area contributed by atoms with Gasteiger partial charge in [-0.1, -0.05) is 127 Å². The second-order valence-electron chi connectivity index (χ2n) is 15.0. The van der Waals surface area contributed by atoms with Gasteiger partial charge in [-0.25, -0.2) is 15.0 Å². The van der Waals surface area contributed by atoms with Crippen molar-refractivity contribution < 1.29 is 13.2 Å². The van der Waals surface area contributed by atoms with Gasteiger partial charge in [-0.3, -0.25) is 0 Å². The first-order chi connectivity index (χ1) is 30.8. The Morgan fingerprint density at radius 3 is 1.33 bits per heavy atom. The van der Waals surface area contributed by atoms with E-state index in [1.165, 1.54) is 12.1 Å². The van der Waals surface area contributed by atoms with Gasteiger partial charge in [0.25, 0.3) is 0 Å². The zero-order chi connectivity index (χ0) is 43.1. The lowest BCUT2D eigenvalue weighted by Crippen LogP contribution is -2.05. The lowest BCUT2D eigenvalue weighted by molar-refractivity contribution is -0.137. The molecule has 0 amide bonds. The summed E-state index contributed by atoms with van der Waals surface area (Å²) in [5.74, 6) is 1.34. The monoisotopic (exact) mass is 820 g/mol. The maximum atomic E-state index is 13.7. The number of alkyl halides is 3. The minimum atomic E-state index is -4.48. The summed E-state index contributed by atoms with van der Waals surface area (Å²) in [5.41, 5.74) is 9.43. The van der Waals surface area contributed by atoms with Crippen LogP contribution in [-0.2, 0) is 6.18 Å². The Morgan fingerprint density at radius 2 is 0.841 bits per heavy atom. The van der Waals surface area contributed by atoms with Gasteiger partial charge >= 0.3 is 6.18 Å². The largest absolute Gasteiger partial charge is 0.416 e. The summed E-state index contributed by atoms with van der Waals surface area (Å²) in [6, 6.07) is 62.0. The van der Waals surface area contributed by atoms with Gasteiger partial charge in [-0.2, -0.15) is 23.7 Å². The molecule has 2 heterocycles. The number of hydrogen-bond acceptors (Lipinski definition) is 5. The molecule has 0 spiro atoms. The highest BCUT2D eigenvalue weighted by atomic mass is 19.4. The number of rotatable bonds is 7. The van der Waals surface area contributed by atoms with E-state index in [0.717, 1.165) is 67.3 Å². The van der Waals surface area contributed by atoms with Gasteiger partial charge in [-0.05, 0) is 94.0 Å². The van der Waals surface area contributed by atoms with E-state index in [0.29, 0.717) is 51.0 Å². The van der Waals surface area contributed by atoms with Crippen LogP contribution in [0.3, 0.4) is 0 Å². The molecule has 63 heavy (non-hydrogen) atoms. The minimum absolute atomic E-state index is 0.394.